The van der Waals surface area contributed by atoms with Crippen molar-refractivity contribution in [1.82, 2.24) is 36.1 Å². The second-order valence-electron chi connectivity index (χ2n) is 14.0. The Morgan fingerprint density at radius 1 is 0.957 bits per heavy atom. The third-order valence-corrected chi connectivity index (χ3v) is 9.25. The normalized spacial score (nSPS) is 20.3. The first-order valence-corrected chi connectivity index (χ1v) is 16.8. The van der Waals surface area contributed by atoms with E-state index in [-0.39, 0.29) is 24.1 Å². The summed E-state index contributed by atoms with van der Waals surface area (Å²) in [7, 11) is 0. The molecule has 13 nitrogen and oxygen atoms in total. The number of aromatic nitrogens is 2. The summed E-state index contributed by atoms with van der Waals surface area (Å²) in [4.78, 5) is 89.8. The van der Waals surface area contributed by atoms with E-state index in [1.54, 1.807) is 0 Å². The molecule has 5 amide bonds. The third-order valence-electron chi connectivity index (χ3n) is 9.25. The van der Waals surface area contributed by atoms with Crippen LogP contribution in [0, 0.1) is 17.3 Å². The van der Waals surface area contributed by atoms with E-state index in [1.165, 1.54) is 29.6 Å². The molecule has 1 saturated heterocycles. The molecule has 3 fully saturated rings. The molecule has 0 aromatic carbocycles. The lowest BCUT2D eigenvalue weighted by Crippen LogP contribution is -2.62. The van der Waals surface area contributed by atoms with Crippen LogP contribution in [0.25, 0.3) is 0 Å². The minimum absolute atomic E-state index is 0.0899. The van der Waals surface area contributed by atoms with Gasteiger partial charge in [-0.1, -0.05) is 59.0 Å². The molecule has 13 heteroatoms. The van der Waals surface area contributed by atoms with Gasteiger partial charge in [-0.2, -0.15) is 0 Å². The van der Waals surface area contributed by atoms with Crippen LogP contribution in [0.15, 0.2) is 31.2 Å². The molecule has 1 aromatic heterocycles. The summed E-state index contributed by atoms with van der Waals surface area (Å²) in [6, 6.07) is -3.75. The van der Waals surface area contributed by atoms with E-state index in [0.29, 0.717) is 25.8 Å². The van der Waals surface area contributed by atoms with E-state index in [4.69, 9.17) is 0 Å². The number of carbonyl (C=O) groups excluding carboxylic acids is 6. The van der Waals surface area contributed by atoms with Crippen LogP contribution in [-0.2, 0) is 24.0 Å². The van der Waals surface area contributed by atoms with Crippen molar-refractivity contribution in [2.45, 2.75) is 109 Å². The summed E-state index contributed by atoms with van der Waals surface area (Å²) in [6.07, 6.45) is 13.3. The molecular formula is C34H49N7O6. The van der Waals surface area contributed by atoms with Gasteiger partial charge in [0.1, 0.15) is 23.8 Å². The number of ketones is 1. The summed E-state index contributed by atoms with van der Waals surface area (Å²) < 4.78 is 0. The second kappa shape index (κ2) is 16.1. The lowest BCUT2D eigenvalue weighted by Gasteiger charge is -2.37. The monoisotopic (exact) mass is 651 g/mol. The number of nitrogens with zero attached hydrogens (tertiary/aromatic N) is 3. The highest BCUT2D eigenvalue weighted by molar-refractivity contribution is 6.38. The zero-order valence-corrected chi connectivity index (χ0v) is 27.8. The molecule has 2 heterocycles. The first-order valence-electron chi connectivity index (χ1n) is 16.8. The van der Waals surface area contributed by atoms with E-state index in [0.717, 1.165) is 44.9 Å². The third kappa shape index (κ3) is 9.68. The molecule has 0 radical (unpaired) electrons. The van der Waals surface area contributed by atoms with Crippen LogP contribution in [0.1, 0.15) is 95.5 Å². The SMILES string of the molecule is C=CCNC(=O)C(=O)C(CC1CC1)NC(=O)[C@@H]1CCCN1C(=O)[C@@H](NC(=O)[C@@H](NC(=O)c1cnccn1)C1CCCCC1)C(C)(C)C. The van der Waals surface area contributed by atoms with Crippen LogP contribution in [-0.4, -0.2) is 87.4 Å². The van der Waals surface area contributed by atoms with Gasteiger partial charge in [0.25, 0.3) is 11.8 Å². The fraction of sp³-hybridized carbons (Fsp3) is 0.647. The first kappa shape index (κ1) is 35.7. The Balaban J connectivity index is 1.49. The van der Waals surface area contributed by atoms with Gasteiger partial charge in [-0.25, -0.2) is 4.98 Å². The highest BCUT2D eigenvalue weighted by Crippen LogP contribution is 2.34. The van der Waals surface area contributed by atoms with E-state index in [9.17, 15) is 28.8 Å². The second-order valence-corrected chi connectivity index (χ2v) is 14.0. The predicted octanol–water partition coefficient (Wildman–Crippen LogP) is 1.83. The lowest BCUT2D eigenvalue weighted by molar-refractivity contribution is -0.145. The van der Waals surface area contributed by atoms with Crippen LogP contribution in [0.2, 0.25) is 0 Å². The van der Waals surface area contributed by atoms with Crippen molar-refractivity contribution in [3.8, 4) is 0 Å². The zero-order chi connectivity index (χ0) is 34.1. The van der Waals surface area contributed by atoms with Gasteiger partial charge >= 0.3 is 0 Å². The van der Waals surface area contributed by atoms with Crippen molar-refractivity contribution in [3.05, 3.63) is 36.9 Å². The minimum Gasteiger partial charge on any atom is -0.346 e. The number of hydrogen-bond acceptors (Lipinski definition) is 8. The molecule has 3 aliphatic rings. The average molecular weight is 652 g/mol. The molecule has 47 heavy (non-hydrogen) atoms. The standard InChI is InChI=1S/C34H49N7O6/c1-5-15-37-32(46)27(42)23(19-21-13-14-21)38-30(44)25-12-9-18-41(25)33(47)28(34(2,3)4)40-31(45)26(22-10-7-6-8-11-22)39-29(43)24-20-35-16-17-36-24/h5,16-17,20-23,25-26,28H,1,6-15,18-19H2,2-4H3,(H,37,46)(H,38,44)(H,39,43)(H,40,45)/t23?,25-,26-,28+/m0/s1. The molecule has 2 saturated carbocycles. The Morgan fingerprint density at radius 2 is 1.68 bits per heavy atom. The molecular weight excluding hydrogens is 602 g/mol. The lowest BCUT2D eigenvalue weighted by atomic mass is 9.82. The van der Waals surface area contributed by atoms with Crippen LogP contribution in [0.3, 0.4) is 0 Å². The van der Waals surface area contributed by atoms with Crippen LogP contribution in [0.5, 0.6) is 0 Å². The number of hydrogen-bond donors (Lipinski definition) is 4. The smallest absolute Gasteiger partial charge is 0.289 e. The Bertz CT molecular complexity index is 1320. The molecule has 1 aliphatic heterocycles. The quantitative estimate of drug-likeness (QED) is 0.174. The maximum absolute atomic E-state index is 14.2. The molecule has 4 rings (SSSR count). The summed E-state index contributed by atoms with van der Waals surface area (Å²) in [5, 5.41) is 11.1. The Kier molecular flexibility index (Phi) is 12.2. The molecule has 256 valence electrons. The van der Waals surface area contributed by atoms with Crippen molar-refractivity contribution in [2.24, 2.45) is 17.3 Å². The molecule has 1 aromatic rings. The largest absolute Gasteiger partial charge is 0.346 e. The van der Waals surface area contributed by atoms with Gasteiger partial charge in [-0.15, -0.1) is 6.58 Å². The van der Waals surface area contributed by atoms with Crippen LogP contribution >= 0.6 is 0 Å². The molecule has 0 spiro atoms. The maximum Gasteiger partial charge on any atom is 0.289 e. The Labute approximate surface area is 276 Å². The fourth-order valence-electron chi connectivity index (χ4n) is 6.44. The number of amides is 5. The highest BCUT2D eigenvalue weighted by Gasteiger charge is 2.44. The number of rotatable bonds is 14. The number of nitrogens with one attached hydrogen (secondary N) is 4. The van der Waals surface area contributed by atoms with E-state index < -0.39 is 64.9 Å². The highest BCUT2D eigenvalue weighted by atomic mass is 16.2. The van der Waals surface area contributed by atoms with Gasteiger partial charge < -0.3 is 26.2 Å². The fourth-order valence-corrected chi connectivity index (χ4v) is 6.44. The van der Waals surface area contributed by atoms with Crippen molar-refractivity contribution in [2.75, 3.05) is 13.1 Å². The van der Waals surface area contributed by atoms with Crippen LogP contribution in [0.4, 0.5) is 0 Å². The van der Waals surface area contributed by atoms with Gasteiger partial charge in [0.2, 0.25) is 23.5 Å². The topological polar surface area (TPSA) is 180 Å². The molecule has 0 bridgehead atoms. The zero-order valence-electron chi connectivity index (χ0n) is 27.8. The van der Waals surface area contributed by atoms with Gasteiger partial charge in [0, 0.05) is 25.5 Å². The molecule has 1 unspecified atom stereocenters. The number of Topliss-reactive ketones (excluding diaryl/α,β-unsaturated/α-hetero) is 1. The van der Waals surface area contributed by atoms with Crippen molar-refractivity contribution in [3.63, 3.8) is 0 Å². The summed E-state index contributed by atoms with van der Waals surface area (Å²) in [6.45, 7) is 9.48. The summed E-state index contributed by atoms with van der Waals surface area (Å²) >= 11 is 0. The molecule has 4 N–H and O–H groups in total. The van der Waals surface area contributed by atoms with Crippen molar-refractivity contribution < 1.29 is 28.8 Å². The predicted molar refractivity (Wildman–Crippen MR) is 173 cm³/mol. The Hall–Kier alpha value is -4.16. The Morgan fingerprint density at radius 3 is 2.30 bits per heavy atom. The van der Waals surface area contributed by atoms with Gasteiger partial charge in [-0.05, 0) is 49.4 Å². The minimum atomic E-state index is -1.00. The van der Waals surface area contributed by atoms with Crippen LogP contribution < -0.4 is 21.3 Å². The van der Waals surface area contributed by atoms with E-state index >= 15 is 0 Å². The van der Waals surface area contributed by atoms with Gasteiger partial charge in [0.05, 0.1) is 12.2 Å². The van der Waals surface area contributed by atoms with E-state index in [1.807, 2.05) is 20.8 Å². The first-order chi connectivity index (χ1) is 22.4. The summed E-state index contributed by atoms with van der Waals surface area (Å²) in [5.41, 5.74) is -0.650. The molecule has 4 atom stereocenters. The molecule has 2 aliphatic carbocycles. The van der Waals surface area contributed by atoms with Gasteiger partial charge in [-0.3, -0.25) is 33.8 Å². The maximum atomic E-state index is 14.2. The number of likely N-dealkylation sites (tertiary alicyclic amines) is 1. The van der Waals surface area contributed by atoms with Crippen molar-refractivity contribution >= 4 is 35.3 Å². The van der Waals surface area contributed by atoms with Gasteiger partial charge in [0.15, 0.2) is 0 Å². The average Bonchev–Trinajstić information content (AvgIpc) is 3.74. The van der Waals surface area contributed by atoms with Crippen molar-refractivity contribution in [1.29, 1.82) is 0 Å². The van der Waals surface area contributed by atoms with E-state index in [2.05, 4.69) is 37.8 Å². The summed E-state index contributed by atoms with van der Waals surface area (Å²) in [5.74, 6) is -3.28. The number of carbonyl (C=O) groups is 6.